The number of aliphatic hydroxyl groups excluding tert-OH is 1. The average molecular weight is 273 g/mol. The molecule has 6 heteroatoms. The van der Waals surface area contributed by atoms with Gasteiger partial charge in [0.05, 0.1) is 12.7 Å². The molecular weight excluding hydrogens is 250 g/mol. The van der Waals surface area contributed by atoms with Crippen LogP contribution in [0.2, 0.25) is 0 Å². The number of carbonyl (C=O) groups excluding carboxylic acids is 2. The molecule has 1 saturated heterocycles. The van der Waals surface area contributed by atoms with Crippen LogP contribution in [0.5, 0.6) is 0 Å². The molecule has 0 aliphatic carbocycles. The van der Waals surface area contributed by atoms with E-state index in [0.717, 1.165) is 0 Å². The number of carbonyl (C=O) groups is 2. The predicted molar refractivity (Wildman–Crippen MR) is 68.6 cm³/mol. The molecule has 1 aliphatic heterocycles. The number of nitrogens with zero attached hydrogens (tertiary/aromatic N) is 1. The minimum absolute atomic E-state index is 0.134. The molecule has 2 unspecified atom stereocenters. The van der Waals surface area contributed by atoms with Gasteiger partial charge in [-0.1, -0.05) is 0 Å². The predicted octanol–water partition coefficient (Wildman–Crippen LogP) is 1.17. The molecule has 1 amide bonds. The van der Waals surface area contributed by atoms with Crippen molar-refractivity contribution in [1.29, 1.82) is 0 Å². The van der Waals surface area contributed by atoms with Crippen LogP contribution in [0.3, 0.4) is 0 Å². The van der Waals surface area contributed by atoms with Crippen molar-refractivity contribution in [3.8, 4) is 0 Å². The Bertz CT molecular complexity index is 336. The number of hydrogen-bond donors (Lipinski definition) is 1. The highest BCUT2D eigenvalue weighted by atomic mass is 16.6. The van der Waals surface area contributed by atoms with Gasteiger partial charge in [-0.3, -0.25) is 4.79 Å². The first-order chi connectivity index (χ1) is 8.74. The fourth-order valence-corrected chi connectivity index (χ4v) is 1.91. The van der Waals surface area contributed by atoms with Crippen molar-refractivity contribution in [2.75, 3.05) is 19.7 Å². The van der Waals surface area contributed by atoms with Gasteiger partial charge in [-0.15, -0.1) is 0 Å². The third-order valence-electron chi connectivity index (χ3n) is 2.82. The smallest absolute Gasteiger partial charge is 0.410 e. The van der Waals surface area contributed by atoms with E-state index in [1.54, 1.807) is 27.7 Å². The molecule has 1 aliphatic rings. The number of esters is 1. The van der Waals surface area contributed by atoms with Crippen molar-refractivity contribution in [2.24, 2.45) is 5.92 Å². The second-order valence-electron chi connectivity index (χ2n) is 5.64. The van der Waals surface area contributed by atoms with Crippen LogP contribution in [0.15, 0.2) is 0 Å². The summed E-state index contributed by atoms with van der Waals surface area (Å²) in [6, 6.07) is 0. The summed E-state index contributed by atoms with van der Waals surface area (Å²) in [6.07, 6.45) is -0.880. The van der Waals surface area contributed by atoms with Crippen LogP contribution in [-0.2, 0) is 14.3 Å². The number of ether oxygens (including phenoxy) is 2. The van der Waals surface area contributed by atoms with Crippen molar-refractivity contribution in [3.05, 3.63) is 0 Å². The van der Waals surface area contributed by atoms with Gasteiger partial charge < -0.3 is 19.5 Å². The maximum atomic E-state index is 11.9. The van der Waals surface area contributed by atoms with Gasteiger partial charge in [-0.2, -0.15) is 0 Å². The zero-order chi connectivity index (χ0) is 14.6. The summed E-state index contributed by atoms with van der Waals surface area (Å²) in [6.45, 7) is 7.83. The molecule has 0 aromatic heterocycles. The normalized spacial score (nSPS) is 23.9. The van der Waals surface area contributed by atoms with Crippen LogP contribution in [0.25, 0.3) is 0 Å². The first-order valence-electron chi connectivity index (χ1n) is 6.57. The summed E-state index contributed by atoms with van der Waals surface area (Å²) in [5, 5.41) is 9.82. The van der Waals surface area contributed by atoms with E-state index >= 15 is 0 Å². The summed E-state index contributed by atoms with van der Waals surface area (Å²) in [7, 11) is 0. The van der Waals surface area contributed by atoms with Gasteiger partial charge in [-0.05, 0) is 34.1 Å². The minimum atomic E-state index is -0.766. The number of piperidine rings is 1. The van der Waals surface area contributed by atoms with Crippen LogP contribution < -0.4 is 0 Å². The number of likely N-dealkylation sites (tertiary alicyclic amines) is 1. The Labute approximate surface area is 113 Å². The molecule has 0 aromatic rings. The lowest BCUT2D eigenvalue weighted by atomic mass is 9.95. The van der Waals surface area contributed by atoms with E-state index in [-0.39, 0.29) is 13.2 Å². The average Bonchev–Trinajstić information content (AvgIpc) is 2.27. The van der Waals surface area contributed by atoms with Crippen molar-refractivity contribution < 1.29 is 24.2 Å². The molecule has 0 spiro atoms. The van der Waals surface area contributed by atoms with Crippen LogP contribution in [0.4, 0.5) is 4.79 Å². The zero-order valence-corrected chi connectivity index (χ0v) is 12.0. The fourth-order valence-electron chi connectivity index (χ4n) is 1.91. The summed E-state index contributed by atoms with van der Waals surface area (Å²) in [4.78, 5) is 25.1. The van der Waals surface area contributed by atoms with Crippen molar-refractivity contribution in [1.82, 2.24) is 4.90 Å². The Hall–Kier alpha value is -1.30. The maximum absolute atomic E-state index is 11.9. The topological polar surface area (TPSA) is 76.1 Å². The molecule has 6 nitrogen and oxygen atoms in total. The van der Waals surface area contributed by atoms with E-state index in [9.17, 15) is 14.7 Å². The molecule has 0 saturated carbocycles. The molecule has 110 valence electrons. The molecule has 1 heterocycles. The Morgan fingerprint density at radius 3 is 2.53 bits per heavy atom. The second-order valence-corrected chi connectivity index (χ2v) is 5.64. The van der Waals surface area contributed by atoms with E-state index < -0.39 is 29.7 Å². The molecule has 1 N–H and O–H groups in total. The highest BCUT2D eigenvalue weighted by Crippen LogP contribution is 2.21. The SMILES string of the molecule is CCOC(=O)C1CN(C(=O)OC(C)(C)C)CCC1O. The highest BCUT2D eigenvalue weighted by molar-refractivity contribution is 5.75. The third kappa shape index (κ3) is 4.70. The third-order valence-corrected chi connectivity index (χ3v) is 2.82. The number of amides is 1. The Morgan fingerprint density at radius 2 is 2.00 bits per heavy atom. The van der Waals surface area contributed by atoms with E-state index in [2.05, 4.69) is 0 Å². The second kappa shape index (κ2) is 6.23. The van der Waals surface area contributed by atoms with Crippen LogP contribution >= 0.6 is 0 Å². The van der Waals surface area contributed by atoms with Gasteiger partial charge in [0.2, 0.25) is 0 Å². The van der Waals surface area contributed by atoms with E-state index in [0.29, 0.717) is 13.0 Å². The zero-order valence-electron chi connectivity index (χ0n) is 12.0. The standard InChI is InChI=1S/C13H23NO5/c1-5-18-11(16)9-8-14(7-6-10(9)15)12(17)19-13(2,3)4/h9-10,15H,5-8H2,1-4H3. The summed E-state index contributed by atoms with van der Waals surface area (Å²) in [5.74, 6) is -1.16. The molecule has 1 fully saturated rings. The van der Waals surface area contributed by atoms with E-state index in [4.69, 9.17) is 9.47 Å². The van der Waals surface area contributed by atoms with Gasteiger partial charge in [0.15, 0.2) is 0 Å². The summed E-state index contributed by atoms with van der Waals surface area (Å²) in [5.41, 5.74) is -0.577. The lowest BCUT2D eigenvalue weighted by Gasteiger charge is -2.35. The number of hydrogen-bond acceptors (Lipinski definition) is 5. The molecule has 1 rings (SSSR count). The largest absolute Gasteiger partial charge is 0.466 e. The van der Waals surface area contributed by atoms with Crippen LogP contribution in [-0.4, -0.2) is 53.5 Å². The fraction of sp³-hybridized carbons (Fsp3) is 0.846. The molecule has 0 bridgehead atoms. The van der Waals surface area contributed by atoms with Crippen molar-refractivity contribution >= 4 is 12.1 Å². The van der Waals surface area contributed by atoms with E-state index in [1.807, 2.05) is 0 Å². The monoisotopic (exact) mass is 273 g/mol. The lowest BCUT2D eigenvalue weighted by Crippen LogP contribution is -2.50. The first-order valence-corrected chi connectivity index (χ1v) is 6.57. The maximum Gasteiger partial charge on any atom is 0.410 e. The van der Waals surface area contributed by atoms with Gasteiger partial charge in [0, 0.05) is 13.1 Å². The Morgan fingerprint density at radius 1 is 1.37 bits per heavy atom. The van der Waals surface area contributed by atoms with Gasteiger partial charge in [0.1, 0.15) is 11.5 Å². The van der Waals surface area contributed by atoms with Gasteiger partial charge in [-0.25, -0.2) is 4.79 Å². The van der Waals surface area contributed by atoms with Crippen molar-refractivity contribution in [2.45, 2.75) is 45.8 Å². The van der Waals surface area contributed by atoms with Crippen LogP contribution in [0, 0.1) is 5.92 Å². The van der Waals surface area contributed by atoms with Crippen LogP contribution in [0.1, 0.15) is 34.1 Å². The molecule has 2 atom stereocenters. The number of rotatable bonds is 2. The minimum Gasteiger partial charge on any atom is -0.466 e. The summed E-state index contributed by atoms with van der Waals surface area (Å²) < 4.78 is 10.2. The molecule has 0 radical (unpaired) electrons. The highest BCUT2D eigenvalue weighted by Gasteiger charge is 2.37. The molecule has 0 aromatic carbocycles. The lowest BCUT2D eigenvalue weighted by molar-refractivity contribution is -0.154. The van der Waals surface area contributed by atoms with Crippen molar-refractivity contribution in [3.63, 3.8) is 0 Å². The Kier molecular flexibility index (Phi) is 5.17. The first kappa shape index (κ1) is 15.8. The van der Waals surface area contributed by atoms with E-state index in [1.165, 1.54) is 4.90 Å². The number of aliphatic hydroxyl groups is 1. The quantitative estimate of drug-likeness (QED) is 0.764. The van der Waals surface area contributed by atoms with Gasteiger partial charge >= 0.3 is 12.1 Å². The van der Waals surface area contributed by atoms with Gasteiger partial charge in [0.25, 0.3) is 0 Å². The Balaban J connectivity index is 2.63. The molecule has 19 heavy (non-hydrogen) atoms. The molecular formula is C13H23NO5. The summed E-state index contributed by atoms with van der Waals surface area (Å²) >= 11 is 0.